The molecule has 2 aromatic rings. The lowest BCUT2D eigenvalue weighted by Crippen LogP contribution is -2.42. The molecule has 1 saturated carbocycles. The number of hydrogen-bond acceptors (Lipinski definition) is 5. The van der Waals surface area contributed by atoms with Crippen LogP contribution in [0.5, 0.6) is 5.75 Å². The molecule has 0 aliphatic heterocycles. The van der Waals surface area contributed by atoms with Crippen LogP contribution in [0.1, 0.15) is 58.9 Å². The van der Waals surface area contributed by atoms with E-state index in [1.807, 2.05) is 46.9 Å². The van der Waals surface area contributed by atoms with Crippen molar-refractivity contribution in [1.82, 2.24) is 14.9 Å². The molecule has 1 amide bonds. The summed E-state index contributed by atoms with van der Waals surface area (Å²) in [5.41, 5.74) is 1.43. The third-order valence-electron chi connectivity index (χ3n) is 5.32. The number of methoxy groups -OCH3 is 1. The first-order valence-electron chi connectivity index (χ1n) is 10.4. The number of nitrogens with zero attached hydrogens (tertiary/aromatic N) is 3. The van der Waals surface area contributed by atoms with E-state index in [0.717, 1.165) is 41.0 Å². The van der Waals surface area contributed by atoms with Crippen LogP contribution < -0.4 is 4.74 Å². The summed E-state index contributed by atoms with van der Waals surface area (Å²) in [6, 6.07) is 4.15. The molecule has 0 N–H and O–H groups in total. The molecule has 7 heteroatoms. The number of aryl methyl sites for hydroxylation is 1. The van der Waals surface area contributed by atoms with Gasteiger partial charge in [0.2, 0.25) is 0 Å². The second kappa shape index (κ2) is 10.3. The first-order chi connectivity index (χ1) is 14.0. The van der Waals surface area contributed by atoms with E-state index in [1.54, 1.807) is 12.0 Å². The summed E-state index contributed by atoms with van der Waals surface area (Å²) in [5.74, 6) is 1.62. The van der Waals surface area contributed by atoms with Gasteiger partial charge in [0, 0.05) is 24.5 Å². The van der Waals surface area contributed by atoms with Gasteiger partial charge in [0.25, 0.3) is 0 Å². The molecule has 0 unspecified atom stereocenters. The summed E-state index contributed by atoms with van der Waals surface area (Å²) in [6.45, 7) is 9.95. The molecule has 0 bridgehead atoms. The maximum Gasteiger partial charge on any atom is 0.410 e. The standard InChI is InChI=1S/C13H25NO2.C10H9ClN2O/c1-10-6-8-11(9-7-10)14(5)12(15)16-13(2,3)4;1-6-3-7-8(4-9(6)14-2)12-5-13-10(7)11/h10-11H,6-9H2,1-5H3;3-5H,1-2H3. The van der Waals surface area contributed by atoms with Gasteiger partial charge in [-0.15, -0.1) is 0 Å². The SMILES string of the molecule is CC1CCC(N(C)C(=O)OC(C)(C)C)CC1.COc1cc2ncnc(Cl)c2cc1C. The van der Waals surface area contributed by atoms with Crippen LogP contribution in [0.2, 0.25) is 5.15 Å². The highest BCUT2D eigenvalue weighted by Gasteiger charge is 2.27. The Kier molecular flexibility index (Phi) is 8.30. The molecule has 166 valence electrons. The second-order valence-corrected chi connectivity index (χ2v) is 9.37. The molecule has 1 fully saturated rings. The molecule has 1 aromatic heterocycles. The summed E-state index contributed by atoms with van der Waals surface area (Å²) in [5, 5.41) is 1.33. The number of carbonyl (C=O) groups excluding carboxylic acids is 1. The molecule has 0 radical (unpaired) electrons. The Morgan fingerprint density at radius 1 is 1.17 bits per heavy atom. The lowest BCUT2D eigenvalue weighted by atomic mass is 9.87. The highest BCUT2D eigenvalue weighted by molar-refractivity contribution is 6.34. The smallest absolute Gasteiger partial charge is 0.410 e. The fourth-order valence-corrected chi connectivity index (χ4v) is 3.69. The van der Waals surface area contributed by atoms with Gasteiger partial charge in [-0.1, -0.05) is 18.5 Å². The quantitative estimate of drug-likeness (QED) is 0.538. The van der Waals surface area contributed by atoms with Gasteiger partial charge in [-0.05, 0) is 70.9 Å². The third-order valence-corrected chi connectivity index (χ3v) is 5.62. The monoisotopic (exact) mass is 435 g/mol. The van der Waals surface area contributed by atoms with Gasteiger partial charge in [-0.2, -0.15) is 0 Å². The van der Waals surface area contributed by atoms with Gasteiger partial charge in [0.05, 0.1) is 12.6 Å². The number of aromatic nitrogens is 2. The Morgan fingerprint density at radius 3 is 2.37 bits per heavy atom. The van der Waals surface area contributed by atoms with Crippen LogP contribution in [0.4, 0.5) is 4.79 Å². The van der Waals surface area contributed by atoms with Crippen LogP contribution in [0.25, 0.3) is 10.9 Å². The van der Waals surface area contributed by atoms with Crippen molar-refractivity contribution >= 4 is 28.6 Å². The van der Waals surface area contributed by atoms with Gasteiger partial charge >= 0.3 is 6.09 Å². The van der Waals surface area contributed by atoms with Crippen LogP contribution >= 0.6 is 11.6 Å². The number of hydrogen-bond donors (Lipinski definition) is 0. The summed E-state index contributed by atoms with van der Waals surface area (Å²) < 4.78 is 10.6. The van der Waals surface area contributed by atoms with Crippen LogP contribution in [0.15, 0.2) is 18.5 Å². The number of carbonyl (C=O) groups is 1. The van der Waals surface area contributed by atoms with Crippen LogP contribution in [-0.4, -0.2) is 46.8 Å². The second-order valence-electron chi connectivity index (χ2n) is 9.01. The Hall–Kier alpha value is -2.08. The molecule has 30 heavy (non-hydrogen) atoms. The van der Waals surface area contributed by atoms with E-state index in [4.69, 9.17) is 21.1 Å². The lowest BCUT2D eigenvalue weighted by molar-refractivity contribution is 0.0175. The minimum atomic E-state index is -0.396. The highest BCUT2D eigenvalue weighted by atomic mass is 35.5. The van der Waals surface area contributed by atoms with E-state index < -0.39 is 5.60 Å². The lowest BCUT2D eigenvalue weighted by Gasteiger charge is -2.34. The van der Waals surface area contributed by atoms with Crippen molar-refractivity contribution in [3.63, 3.8) is 0 Å². The number of rotatable bonds is 2. The predicted molar refractivity (Wildman–Crippen MR) is 121 cm³/mol. The van der Waals surface area contributed by atoms with Crippen LogP contribution in [0.3, 0.4) is 0 Å². The Morgan fingerprint density at radius 2 is 1.80 bits per heavy atom. The van der Waals surface area contributed by atoms with E-state index in [9.17, 15) is 4.79 Å². The predicted octanol–water partition coefficient (Wildman–Crippen LogP) is 6.03. The molecule has 3 rings (SSSR count). The van der Waals surface area contributed by atoms with Gasteiger partial charge in [-0.25, -0.2) is 14.8 Å². The normalized spacial score (nSPS) is 18.9. The minimum absolute atomic E-state index is 0.188. The maximum absolute atomic E-state index is 11.8. The summed E-state index contributed by atoms with van der Waals surface area (Å²) in [6.07, 6.45) is 5.91. The number of halogens is 1. The summed E-state index contributed by atoms with van der Waals surface area (Å²) in [4.78, 5) is 21.7. The average molecular weight is 436 g/mol. The zero-order chi connectivity index (χ0) is 22.5. The van der Waals surface area contributed by atoms with E-state index in [0.29, 0.717) is 11.2 Å². The molecule has 0 atom stereocenters. The number of amides is 1. The Labute approximate surface area is 184 Å². The molecule has 0 saturated heterocycles. The molecule has 1 aliphatic rings. The van der Waals surface area contributed by atoms with Gasteiger partial charge < -0.3 is 14.4 Å². The van der Waals surface area contributed by atoms with Crippen molar-refractivity contribution in [2.24, 2.45) is 5.92 Å². The fraction of sp³-hybridized carbons (Fsp3) is 0.609. The molecular weight excluding hydrogens is 402 g/mol. The molecule has 1 heterocycles. The maximum atomic E-state index is 11.8. The van der Waals surface area contributed by atoms with Crippen molar-refractivity contribution in [2.75, 3.05) is 14.2 Å². The van der Waals surface area contributed by atoms with Gasteiger partial charge in [0.1, 0.15) is 22.8 Å². The molecule has 1 aliphatic carbocycles. The van der Waals surface area contributed by atoms with E-state index >= 15 is 0 Å². The van der Waals surface area contributed by atoms with Crippen molar-refractivity contribution < 1.29 is 14.3 Å². The Balaban J connectivity index is 0.000000215. The zero-order valence-electron chi connectivity index (χ0n) is 19.2. The first kappa shape index (κ1) is 24.2. The van der Waals surface area contributed by atoms with Crippen molar-refractivity contribution in [1.29, 1.82) is 0 Å². The average Bonchev–Trinajstić information content (AvgIpc) is 2.67. The summed E-state index contributed by atoms with van der Waals surface area (Å²) >= 11 is 5.93. The first-order valence-corrected chi connectivity index (χ1v) is 10.8. The number of benzene rings is 1. The van der Waals surface area contributed by atoms with E-state index in [1.165, 1.54) is 19.2 Å². The molecule has 6 nitrogen and oxygen atoms in total. The van der Waals surface area contributed by atoms with Gasteiger partial charge in [0.15, 0.2) is 0 Å². The topological polar surface area (TPSA) is 64.6 Å². The molecular formula is C23H34ClN3O3. The van der Waals surface area contributed by atoms with Crippen molar-refractivity contribution in [3.05, 3.63) is 29.2 Å². The fourth-order valence-electron chi connectivity index (χ4n) is 3.49. The van der Waals surface area contributed by atoms with E-state index in [-0.39, 0.29) is 6.09 Å². The Bertz CT molecular complexity index is 859. The zero-order valence-corrected chi connectivity index (χ0v) is 19.9. The van der Waals surface area contributed by atoms with E-state index in [2.05, 4.69) is 16.9 Å². The molecule has 0 spiro atoms. The summed E-state index contributed by atoms with van der Waals surface area (Å²) in [7, 11) is 3.49. The molecule has 1 aromatic carbocycles. The minimum Gasteiger partial charge on any atom is -0.496 e. The van der Waals surface area contributed by atoms with Crippen LogP contribution in [0, 0.1) is 12.8 Å². The highest BCUT2D eigenvalue weighted by Crippen LogP contribution is 2.28. The van der Waals surface area contributed by atoms with Crippen molar-refractivity contribution in [3.8, 4) is 5.75 Å². The largest absolute Gasteiger partial charge is 0.496 e. The van der Waals surface area contributed by atoms with Crippen LogP contribution in [-0.2, 0) is 4.74 Å². The van der Waals surface area contributed by atoms with Crippen molar-refractivity contribution in [2.45, 2.75) is 71.9 Å². The number of ether oxygens (including phenoxy) is 2. The number of fused-ring (bicyclic) bond motifs is 1. The van der Waals surface area contributed by atoms with Gasteiger partial charge in [-0.3, -0.25) is 0 Å². The third kappa shape index (κ3) is 6.73.